The van der Waals surface area contributed by atoms with E-state index in [9.17, 15) is 0 Å². The van der Waals surface area contributed by atoms with Crippen molar-refractivity contribution in [3.05, 3.63) is 46.8 Å². The van der Waals surface area contributed by atoms with Crippen LogP contribution < -0.4 is 0 Å². The number of benzene rings is 1. The van der Waals surface area contributed by atoms with Gasteiger partial charge >= 0.3 is 0 Å². The summed E-state index contributed by atoms with van der Waals surface area (Å²) in [4.78, 5) is 1.02. The summed E-state index contributed by atoms with van der Waals surface area (Å²) < 4.78 is 0. The molecule has 2 rings (SSSR count). The van der Waals surface area contributed by atoms with Crippen LogP contribution in [0.25, 0.3) is 10.4 Å². The molecule has 2 aromatic rings. The minimum atomic E-state index is 0.512. The highest BCUT2D eigenvalue weighted by Gasteiger charge is 2.03. The Morgan fingerprint density at radius 1 is 1.07 bits per heavy atom. The Morgan fingerprint density at radius 3 is 2.20 bits per heavy atom. The van der Waals surface area contributed by atoms with E-state index in [-0.39, 0.29) is 0 Å². The zero-order chi connectivity index (χ0) is 10.7. The van der Waals surface area contributed by atoms with E-state index in [4.69, 9.17) is 10.5 Å². The Hall–Kier alpha value is -2.10. The van der Waals surface area contributed by atoms with E-state index in [2.05, 4.69) is 6.07 Å². The van der Waals surface area contributed by atoms with E-state index < -0.39 is 0 Å². The third-order valence-corrected chi connectivity index (χ3v) is 2.81. The first kappa shape index (κ1) is 9.45. The van der Waals surface area contributed by atoms with Crippen LogP contribution in [0.2, 0.25) is 0 Å². The standard InChI is InChI=1S/C12H5N2S/c13-7-9-4-10(8-14)6-11(5-9)12-2-1-3-15-12/h2-6H. The number of thiophene rings is 1. The molecule has 0 spiro atoms. The molecule has 69 valence electrons. The fraction of sp³-hybridized carbons (Fsp3) is 0. The molecule has 0 amide bonds. The van der Waals surface area contributed by atoms with Crippen molar-refractivity contribution in [2.45, 2.75) is 0 Å². The van der Waals surface area contributed by atoms with Gasteiger partial charge in [-0.25, -0.2) is 0 Å². The van der Waals surface area contributed by atoms with E-state index in [1.54, 1.807) is 29.5 Å². The highest BCUT2D eigenvalue weighted by Crippen LogP contribution is 2.26. The van der Waals surface area contributed by atoms with Gasteiger partial charge in [-0.1, -0.05) is 0 Å². The first-order valence-corrected chi connectivity index (χ1v) is 5.11. The molecule has 0 aliphatic rings. The summed E-state index contributed by atoms with van der Waals surface area (Å²) in [7, 11) is 0. The number of nitriles is 2. The fourth-order valence-corrected chi connectivity index (χ4v) is 1.94. The molecule has 1 heterocycles. The van der Waals surface area contributed by atoms with Gasteiger partial charge in [0.15, 0.2) is 0 Å². The van der Waals surface area contributed by atoms with Crippen LogP contribution in [0, 0.1) is 28.7 Å². The van der Waals surface area contributed by atoms with Crippen molar-refractivity contribution < 1.29 is 0 Å². The maximum Gasteiger partial charge on any atom is 0.0992 e. The largest absolute Gasteiger partial charge is 0.192 e. The van der Waals surface area contributed by atoms with Gasteiger partial charge < -0.3 is 0 Å². The van der Waals surface area contributed by atoms with Gasteiger partial charge in [0.05, 0.1) is 23.3 Å². The second-order valence-corrected chi connectivity index (χ2v) is 3.84. The van der Waals surface area contributed by atoms with Crippen molar-refractivity contribution in [2.24, 2.45) is 0 Å². The summed E-state index contributed by atoms with van der Waals surface area (Å²) in [5, 5.41) is 19.5. The molecular weight excluding hydrogens is 204 g/mol. The fourth-order valence-electron chi connectivity index (χ4n) is 1.29. The molecule has 1 aromatic heterocycles. The Kier molecular flexibility index (Phi) is 2.49. The summed E-state index contributed by atoms with van der Waals surface area (Å²) in [5.74, 6) is 0. The van der Waals surface area contributed by atoms with Gasteiger partial charge in [0, 0.05) is 4.88 Å². The SMILES string of the molecule is N#Cc1cc(C#N)cc(-c2c[c]cs2)c1. The van der Waals surface area contributed by atoms with E-state index in [1.165, 1.54) is 0 Å². The molecular formula is C12H5N2S. The maximum absolute atomic E-state index is 8.82. The van der Waals surface area contributed by atoms with Gasteiger partial charge in [-0.05, 0) is 41.3 Å². The summed E-state index contributed by atoms with van der Waals surface area (Å²) in [6.07, 6.45) is 0. The van der Waals surface area contributed by atoms with Crippen molar-refractivity contribution in [1.82, 2.24) is 0 Å². The first-order chi connectivity index (χ1) is 7.33. The highest BCUT2D eigenvalue weighted by atomic mass is 32.1. The van der Waals surface area contributed by atoms with Gasteiger partial charge in [0.25, 0.3) is 0 Å². The van der Waals surface area contributed by atoms with Crippen LogP contribution in [0.15, 0.2) is 29.6 Å². The molecule has 0 saturated carbocycles. The molecule has 1 aromatic carbocycles. The second-order valence-electron chi connectivity index (χ2n) is 2.93. The molecule has 1 radical (unpaired) electrons. The number of rotatable bonds is 1. The molecule has 0 aliphatic carbocycles. The molecule has 0 N–H and O–H groups in total. The Bertz CT molecular complexity index is 524. The molecule has 0 saturated heterocycles. The van der Waals surface area contributed by atoms with Crippen LogP contribution in [0.5, 0.6) is 0 Å². The lowest BCUT2D eigenvalue weighted by Gasteiger charge is -1.98. The van der Waals surface area contributed by atoms with Crippen molar-refractivity contribution in [2.75, 3.05) is 0 Å². The molecule has 0 unspecified atom stereocenters. The summed E-state index contributed by atoms with van der Waals surface area (Å²) in [6, 6.07) is 14.0. The number of nitrogens with zero attached hydrogens (tertiary/aromatic N) is 2. The molecule has 2 nitrogen and oxygen atoms in total. The van der Waals surface area contributed by atoms with Crippen molar-refractivity contribution >= 4 is 11.3 Å². The summed E-state index contributed by atoms with van der Waals surface area (Å²) in [5.41, 5.74) is 1.92. The Morgan fingerprint density at radius 2 is 1.73 bits per heavy atom. The molecule has 0 fully saturated rings. The maximum atomic E-state index is 8.82. The minimum absolute atomic E-state index is 0.512. The molecule has 0 bridgehead atoms. The highest BCUT2D eigenvalue weighted by molar-refractivity contribution is 7.13. The quantitative estimate of drug-likeness (QED) is 0.724. The van der Waals surface area contributed by atoms with Gasteiger partial charge in [-0.3, -0.25) is 0 Å². The van der Waals surface area contributed by atoms with Gasteiger partial charge in [0.1, 0.15) is 0 Å². The van der Waals surface area contributed by atoms with E-state index >= 15 is 0 Å². The topological polar surface area (TPSA) is 47.6 Å². The monoisotopic (exact) mass is 209 g/mol. The van der Waals surface area contributed by atoms with Gasteiger partial charge in [-0.15, -0.1) is 11.3 Å². The van der Waals surface area contributed by atoms with E-state index in [0.29, 0.717) is 11.1 Å². The van der Waals surface area contributed by atoms with E-state index in [1.807, 2.05) is 23.6 Å². The Labute approximate surface area is 91.6 Å². The van der Waals surface area contributed by atoms with Gasteiger partial charge in [0.2, 0.25) is 0 Å². The van der Waals surface area contributed by atoms with Crippen LogP contribution in [0.3, 0.4) is 0 Å². The number of hydrogen-bond donors (Lipinski definition) is 0. The molecule has 15 heavy (non-hydrogen) atoms. The minimum Gasteiger partial charge on any atom is -0.192 e. The third kappa shape index (κ3) is 1.88. The first-order valence-electron chi connectivity index (χ1n) is 4.24. The van der Waals surface area contributed by atoms with Crippen LogP contribution in [0.4, 0.5) is 0 Å². The predicted octanol–water partition coefficient (Wildman–Crippen LogP) is 2.96. The van der Waals surface area contributed by atoms with Crippen molar-refractivity contribution in [3.63, 3.8) is 0 Å². The lowest BCUT2D eigenvalue weighted by Crippen LogP contribution is -1.81. The summed E-state index contributed by atoms with van der Waals surface area (Å²) >= 11 is 1.54. The second kappa shape index (κ2) is 3.96. The zero-order valence-corrected chi connectivity index (χ0v) is 8.51. The average molecular weight is 209 g/mol. The number of hydrogen-bond acceptors (Lipinski definition) is 3. The molecule has 3 heteroatoms. The van der Waals surface area contributed by atoms with Gasteiger partial charge in [-0.2, -0.15) is 10.5 Å². The van der Waals surface area contributed by atoms with Crippen molar-refractivity contribution in [3.8, 4) is 22.6 Å². The Balaban J connectivity index is 2.59. The molecule has 0 atom stereocenters. The lowest BCUT2D eigenvalue weighted by atomic mass is 10.1. The molecule has 0 aliphatic heterocycles. The zero-order valence-electron chi connectivity index (χ0n) is 7.69. The average Bonchev–Trinajstić information content (AvgIpc) is 2.81. The summed E-state index contributed by atoms with van der Waals surface area (Å²) in [6.45, 7) is 0. The van der Waals surface area contributed by atoms with Crippen LogP contribution >= 0.6 is 11.3 Å². The van der Waals surface area contributed by atoms with Crippen LogP contribution in [0.1, 0.15) is 11.1 Å². The normalized spacial score (nSPS) is 9.20. The third-order valence-electron chi connectivity index (χ3n) is 1.94. The van der Waals surface area contributed by atoms with E-state index in [0.717, 1.165) is 10.4 Å². The van der Waals surface area contributed by atoms with Crippen LogP contribution in [-0.2, 0) is 0 Å². The van der Waals surface area contributed by atoms with Crippen molar-refractivity contribution in [1.29, 1.82) is 10.5 Å². The lowest BCUT2D eigenvalue weighted by molar-refractivity contribution is 1.45. The van der Waals surface area contributed by atoms with Crippen LogP contribution in [-0.4, -0.2) is 0 Å². The smallest absolute Gasteiger partial charge is 0.0992 e. The predicted molar refractivity (Wildman–Crippen MR) is 58.0 cm³/mol.